The van der Waals surface area contributed by atoms with Crippen molar-refractivity contribution in [3.63, 3.8) is 0 Å². The maximum Gasteiger partial charge on any atom is 0.223 e. The summed E-state index contributed by atoms with van der Waals surface area (Å²) in [5.41, 5.74) is 5.00. The molecule has 1 amide bonds. The van der Waals surface area contributed by atoms with Crippen LogP contribution in [-0.2, 0) is 4.79 Å². The Labute approximate surface area is 70.0 Å². The molecule has 0 fully saturated rings. The van der Waals surface area contributed by atoms with Crippen molar-refractivity contribution in [2.24, 2.45) is 11.7 Å². The van der Waals surface area contributed by atoms with Gasteiger partial charge in [-0.2, -0.15) is 0 Å². The van der Waals surface area contributed by atoms with Crippen LogP contribution in [0.1, 0.15) is 18.8 Å². The van der Waals surface area contributed by atoms with Crippen molar-refractivity contribution in [1.82, 2.24) is 0 Å². The summed E-state index contributed by atoms with van der Waals surface area (Å²) in [6.45, 7) is 1.55. The molecule has 0 radical (unpaired) electrons. The van der Waals surface area contributed by atoms with E-state index in [4.69, 9.17) is 10.2 Å². The first kappa shape index (κ1) is 8.80. The summed E-state index contributed by atoms with van der Waals surface area (Å²) in [6, 6.07) is 3.25. The van der Waals surface area contributed by atoms with Gasteiger partial charge in [-0.15, -0.1) is 0 Å². The Bertz CT molecular complexity index is 255. The van der Waals surface area contributed by atoms with Gasteiger partial charge in [0.2, 0.25) is 5.91 Å². The number of aliphatic hydroxyl groups is 1. The Hall–Kier alpha value is -1.29. The summed E-state index contributed by atoms with van der Waals surface area (Å²) >= 11 is 0. The Morgan fingerprint density at radius 3 is 2.83 bits per heavy atom. The lowest BCUT2D eigenvalue weighted by Gasteiger charge is -2.12. The lowest BCUT2D eigenvalue weighted by molar-refractivity contribution is -0.125. The van der Waals surface area contributed by atoms with Crippen LogP contribution in [0.4, 0.5) is 0 Å². The monoisotopic (exact) mass is 169 g/mol. The van der Waals surface area contributed by atoms with E-state index in [2.05, 4.69) is 0 Å². The number of rotatable bonds is 3. The molecule has 4 heteroatoms. The number of carbonyl (C=O) groups is 1. The van der Waals surface area contributed by atoms with Gasteiger partial charge in [0.1, 0.15) is 11.9 Å². The molecule has 0 aliphatic carbocycles. The topological polar surface area (TPSA) is 76.5 Å². The normalized spacial score (nSPS) is 15.5. The maximum atomic E-state index is 10.7. The van der Waals surface area contributed by atoms with Crippen LogP contribution in [0.5, 0.6) is 0 Å². The van der Waals surface area contributed by atoms with Gasteiger partial charge in [0.05, 0.1) is 12.2 Å². The molecule has 0 bridgehead atoms. The molecule has 1 aromatic heterocycles. The SMILES string of the molecule is C[C@@H](C(N)=O)[C@@H](O)c1ccco1. The van der Waals surface area contributed by atoms with Crippen LogP contribution < -0.4 is 5.73 Å². The van der Waals surface area contributed by atoms with E-state index in [0.29, 0.717) is 5.76 Å². The second kappa shape index (κ2) is 3.40. The molecular weight excluding hydrogens is 158 g/mol. The smallest absolute Gasteiger partial charge is 0.223 e. The largest absolute Gasteiger partial charge is 0.467 e. The van der Waals surface area contributed by atoms with Gasteiger partial charge in [0, 0.05) is 0 Å². The second-order valence-corrected chi connectivity index (χ2v) is 2.65. The number of hydrogen-bond acceptors (Lipinski definition) is 3. The second-order valence-electron chi connectivity index (χ2n) is 2.65. The van der Waals surface area contributed by atoms with E-state index in [1.165, 1.54) is 6.26 Å². The first-order chi connectivity index (χ1) is 5.63. The number of aliphatic hydroxyl groups excluding tert-OH is 1. The third kappa shape index (κ3) is 1.65. The first-order valence-corrected chi connectivity index (χ1v) is 3.63. The van der Waals surface area contributed by atoms with Crippen LogP contribution in [0, 0.1) is 5.92 Å². The van der Waals surface area contributed by atoms with E-state index in [1.54, 1.807) is 19.1 Å². The Kier molecular flexibility index (Phi) is 2.50. The number of nitrogens with two attached hydrogens (primary N) is 1. The van der Waals surface area contributed by atoms with E-state index >= 15 is 0 Å². The van der Waals surface area contributed by atoms with Crippen molar-refractivity contribution in [2.45, 2.75) is 13.0 Å². The molecule has 3 N–H and O–H groups in total. The minimum absolute atomic E-state index is 0.362. The van der Waals surface area contributed by atoms with E-state index in [0.717, 1.165) is 0 Å². The molecule has 1 heterocycles. The number of primary amides is 1. The zero-order valence-electron chi connectivity index (χ0n) is 6.73. The van der Waals surface area contributed by atoms with Crippen molar-refractivity contribution >= 4 is 5.91 Å². The highest BCUT2D eigenvalue weighted by molar-refractivity contribution is 5.76. The third-order valence-corrected chi connectivity index (χ3v) is 1.76. The summed E-state index contributed by atoms with van der Waals surface area (Å²) in [4.78, 5) is 10.7. The van der Waals surface area contributed by atoms with Crippen molar-refractivity contribution < 1.29 is 14.3 Å². The molecule has 0 saturated carbocycles. The number of furan rings is 1. The molecule has 12 heavy (non-hydrogen) atoms. The Morgan fingerprint density at radius 2 is 2.42 bits per heavy atom. The van der Waals surface area contributed by atoms with Gasteiger partial charge in [-0.3, -0.25) is 4.79 Å². The molecule has 0 aliphatic rings. The fourth-order valence-electron chi connectivity index (χ4n) is 0.862. The molecule has 4 nitrogen and oxygen atoms in total. The van der Waals surface area contributed by atoms with Gasteiger partial charge in [-0.05, 0) is 12.1 Å². The van der Waals surface area contributed by atoms with E-state index in [1.807, 2.05) is 0 Å². The van der Waals surface area contributed by atoms with Crippen LogP contribution in [0.25, 0.3) is 0 Å². The maximum absolute atomic E-state index is 10.7. The molecule has 0 aliphatic heterocycles. The predicted octanol–water partition coefficient (Wildman–Crippen LogP) is 0.434. The summed E-state index contributed by atoms with van der Waals surface area (Å²) in [6.07, 6.45) is 0.490. The van der Waals surface area contributed by atoms with Crippen molar-refractivity contribution in [2.75, 3.05) is 0 Å². The standard InChI is InChI=1S/C8H11NO3/c1-5(8(9)11)7(10)6-3-2-4-12-6/h2-5,7,10H,1H3,(H2,9,11)/t5-,7-/m1/s1. The van der Waals surface area contributed by atoms with Gasteiger partial charge in [-0.1, -0.05) is 6.92 Å². The predicted molar refractivity (Wildman–Crippen MR) is 42.0 cm³/mol. The molecule has 0 spiro atoms. The summed E-state index contributed by atoms with van der Waals surface area (Å²) < 4.78 is 4.91. The molecule has 0 aromatic carbocycles. The van der Waals surface area contributed by atoms with Crippen molar-refractivity contribution in [3.8, 4) is 0 Å². The number of hydrogen-bond donors (Lipinski definition) is 2. The molecule has 0 saturated heterocycles. The fraction of sp³-hybridized carbons (Fsp3) is 0.375. The van der Waals surface area contributed by atoms with Gasteiger partial charge < -0.3 is 15.3 Å². The first-order valence-electron chi connectivity index (χ1n) is 3.63. The summed E-state index contributed by atoms with van der Waals surface area (Å²) in [5.74, 6) is -0.809. The molecule has 1 rings (SSSR count). The average molecular weight is 169 g/mol. The molecular formula is C8H11NO3. The molecule has 66 valence electrons. The zero-order valence-corrected chi connectivity index (χ0v) is 6.73. The number of carbonyl (C=O) groups excluding carboxylic acids is 1. The summed E-state index contributed by atoms with van der Waals surface area (Å²) in [5, 5.41) is 9.45. The van der Waals surface area contributed by atoms with Crippen molar-refractivity contribution in [1.29, 1.82) is 0 Å². The lowest BCUT2D eigenvalue weighted by atomic mass is 10.0. The molecule has 0 unspecified atom stereocenters. The minimum atomic E-state index is -0.947. The Balaban J connectivity index is 2.71. The third-order valence-electron chi connectivity index (χ3n) is 1.76. The highest BCUT2D eigenvalue weighted by Gasteiger charge is 2.22. The van der Waals surface area contributed by atoms with Crippen LogP contribution in [0.2, 0.25) is 0 Å². The van der Waals surface area contributed by atoms with Crippen LogP contribution in [-0.4, -0.2) is 11.0 Å². The minimum Gasteiger partial charge on any atom is -0.467 e. The molecule has 2 atom stereocenters. The Morgan fingerprint density at radius 1 is 1.75 bits per heavy atom. The average Bonchev–Trinajstić information content (AvgIpc) is 2.53. The van der Waals surface area contributed by atoms with E-state index in [-0.39, 0.29) is 0 Å². The van der Waals surface area contributed by atoms with Gasteiger partial charge in [-0.25, -0.2) is 0 Å². The fourth-order valence-corrected chi connectivity index (χ4v) is 0.862. The van der Waals surface area contributed by atoms with Crippen LogP contribution in [0.3, 0.4) is 0 Å². The molecule has 1 aromatic rings. The highest BCUT2D eigenvalue weighted by atomic mass is 16.4. The zero-order chi connectivity index (χ0) is 9.14. The quantitative estimate of drug-likeness (QED) is 0.689. The highest BCUT2D eigenvalue weighted by Crippen LogP contribution is 2.21. The van der Waals surface area contributed by atoms with Crippen LogP contribution in [0.15, 0.2) is 22.8 Å². The number of amides is 1. The van der Waals surface area contributed by atoms with E-state index < -0.39 is 17.9 Å². The van der Waals surface area contributed by atoms with Gasteiger partial charge in [0.15, 0.2) is 0 Å². The summed E-state index contributed by atoms with van der Waals surface area (Å²) in [7, 11) is 0. The van der Waals surface area contributed by atoms with Gasteiger partial charge >= 0.3 is 0 Å². The van der Waals surface area contributed by atoms with Crippen molar-refractivity contribution in [3.05, 3.63) is 24.2 Å². The van der Waals surface area contributed by atoms with E-state index in [9.17, 15) is 9.90 Å². The van der Waals surface area contributed by atoms with Gasteiger partial charge in [0.25, 0.3) is 0 Å². The van der Waals surface area contributed by atoms with Crippen LogP contribution >= 0.6 is 0 Å². The lowest BCUT2D eigenvalue weighted by Crippen LogP contribution is -2.25.